The smallest absolute Gasteiger partial charge is 0.197 e. The first kappa shape index (κ1) is 9.71. The summed E-state index contributed by atoms with van der Waals surface area (Å²) < 4.78 is 5.75. The fourth-order valence-corrected chi connectivity index (χ4v) is 1.83. The van der Waals surface area contributed by atoms with Crippen LogP contribution in [0.5, 0.6) is 0 Å². The molecule has 0 aromatic carbocycles. The molecular weight excluding hydrogens is 176 g/mol. The Kier molecular flexibility index (Phi) is 2.87. The molecule has 0 saturated carbocycles. The number of hydrogen-bond acceptors (Lipinski definition) is 3. The summed E-state index contributed by atoms with van der Waals surface area (Å²) >= 11 is 0. The van der Waals surface area contributed by atoms with Gasteiger partial charge in [-0.05, 0) is 25.9 Å². The molecule has 1 aliphatic rings. The largest absolute Gasteiger partial charge is 0.445 e. The molecule has 0 amide bonds. The molecule has 2 rings (SSSR count). The number of nitrogens with one attached hydrogen (secondary N) is 1. The molecule has 2 heterocycles. The summed E-state index contributed by atoms with van der Waals surface area (Å²) in [5, 5.41) is 3.34. The normalized spacial score (nSPS) is 19.1. The van der Waals surface area contributed by atoms with E-state index in [4.69, 9.17) is 4.42 Å². The molecule has 1 aromatic heterocycles. The van der Waals surface area contributed by atoms with Crippen molar-refractivity contribution in [3.8, 4) is 0 Å². The minimum absolute atomic E-state index is 0.443. The standard InChI is InChI=1S/C11H18N2O/c1-8(2)10-7-13-11(14-10)9-3-5-12-6-4-9/h7-9,12H,3-6H2,1-2H3. The van der Waals surface area contributed by atoms with Crippen molar-refractivity contribution >= 4 is 0 Å². The summed E-state index contributed by atoms with van der Waals surface area (Å²) in [6, 6.07) is 0. The highest BCUT2D eigenvalue weighted by Crippen LogP contribution is 2.26. The summed E-state index contributed by atoms with van der Waals surface area (Å²) in [4.78, 5) is 4.37. The van der Waals surface area contributed by atoms with Crippen molar-refractivity contribution in [3.63, 3.8) is 0 Å². The minimum atomic E-state index is 0.443. The molecule has 0 bridgehead atoms. The van der Waals surface area contributed by atoms with Crippen LogP contribution in [0.2, 0.25) is 0 Å². The van der Waals surface area contributed by atoms with Gasteiger partial charge in [-0.2, -0.15) is 0 Å². The Morgan fingerprint density at radius 3 is 2.71 bits per heavy atom. The van der Waals surface area contributed by atoms with E-state index in [0.29, 0.717) is 11.8 Å². The van der Waals surface area contributed by atoms with E-state index in [0.717, 1.165) is 37.6 Å². The Morgan fingerprint density at radius 2 is 2.14 bits per heavy atom. The van der Waals surface area contributed by atoms with Crippen LogP contribution in [0.15, 0.2) is 10.6 Å². The molecule has 3 heteroatoms. The second-order valence-corrected chi connectivity index (χ2v) is 4.28. The average molecular weight is 194 g/mol. The molecule has 0 spiro atoms. The van der Waals surface area contributed by atoms with E-state index in [9.17, 15) is 0 Å². The van der Waals surface area contributed by atoms with E-state index in [1.54, 1.807) is 0 Å². The molecule has 1 saturated heterocycles. The first-order valence-corrected chi connectivity index (χ1v) is 5.43. The van der Waals surface area contributed by atoms with Gasteiger partial charge < -0.3 is 9.73 Å². The first-order valence-electron chi connectivity index (χ1n) is 5.43. The Morgan fingerprint density at radius 1 is 1.43 bits per heavy atom. The molecular formula is C11H18N2O. The summed E-state index contributed by atoms with van der Waals surface area (Å²) in [7, 11) is 0. The van der Waals surface area contributed by atoms with Gasteiger partial charge in [0.15, 0.2) is 5.89 Å². The average Bonchev–Trinajstić information content (AvgIpc) is 2.68. The third-order valence-electron chi connectivity index (χ3n) is 2.80. The van der Waals surface area contributed by atoms with Crippen molar-refractivity contribution in [1.29, 1.82) is 0 Å². The lowest BCUT2D eigenvalue weighted by Gasteiger charge is -2.19. The number of hydrogen-bond donors (Lipinski definition) is 1. The highest BCUT2D eigenvalue weighted by atomic mass is 16.4. The van der Waals surface area contributed by atoms with Crippen molar-refractivity contribution in [2.75, 3.05) is 13.1 Å². The maximum Gasteiger partial charge on any atom is 0.197 e. The summed E-state index contributed by atoms with van der Waals surface area (Å²) in [5.41, 5.74) is 0. The van der Waals surface area contributed by atoms with Crippen LogP contribution in [0.3, 0.4) is 0 Å². The Hall–Kier alpha value is -0.830. The lowest BCUT2D eigenvalue weighted by atomic mass is 9.98. The molecule has 0 aliphatic carbocycles. The third-order valence-corrected chi connectivity index (χ3v) is 2.80. The van der Waals surface area contributed by atoms with Crippen LogP contribution in [-0.4, -0.2) is 18.1 Å². The van der Waals surface area contributed by atoms with Crippen LogP contribution >= 0.6 is 0 Å². The summed E-state index contributed by atoms with van der Waals surface area (Å²) in [5.74, 6) is 2.93. The van der Waals surface area contributed by atoms with Crippen LogP contribution in [0.4, 0.5) is 0 Å². The monoisotopic (exact) mass is 194 g/mol. The van der Waals surface area contributed by atoms with Gasteiger partial charge in [0.1, 0.15) is 5.76 Å². The molecule has 78 valence electrons. The number of rotatable bonds is 2. The van der Waals surface area contributed by atoms with Crippen LogP contribution in [-0.2, 0) is 0 Å². The highest BCUT2D eigenvalue weighted by molar-refractivity contribution is 5.03. The number of piperidine rings is 1. The Labute approximate surface area is 84.9 Å². The fraction of sp³-hybridized carbons (Fsp3) is 0.727. The number of aromatic nitrogens is 1. The summed E-state index contributed by atoms with van der Waals surface area (Å²) in [6.45, 7) is 6.44. The van der Waals surface area contributed by atoms with Gasteiger partial charge in [0.25, 0.3) is 0 Å². The minimum Gasteiger partial charge on any atom is -0.445 e. The van der Waals surface area contributed by atoms with Crippen molar-refractivity contribution in [2.45, 2.75) is 38.5 Å². The van der Waals surface area contributed by atoms with Gasteiger partial charge in [-0.1, -0.05) is 13.8 Å². The van der Waals surface area contributed by atoms with E-state index in [2.05, 4.69) is 24.1 Å². The number of oxazole rings is 1. The van der Waals surface area contributed by atoms with Gasteiger partial charge in [0.2, 0.25) is 0 Å². The Balaban J connectivity index is 2.07. The van der Waals surface area contributed by atoms with E-state index in [1.165, 1.54) is 0 Å². The van der Waals surface area contributed by atoms with Gasteiger partial charge in [0.05, 0.1) is 6.20 Å². The van der Waals surface area contributed by atoms with Crippen LogP contribution in [0, 0.1) is 0 Å². The second kappa shape index (κ2) is 4.13. The van der Waals surface area contributed by atoms with Crippen molar-refractivity contribution in [2.24, 2.45) is 0 Å². The van der Waals surface area contributed by atoms with Crippen LogP contribution in [0.25, 0.3) is 0 Å². The van der Waals surface area contributed by atoms with Crippen LogP contribution < -0.4 is 5.32 Å². The predicted octanol–water partition coefficient (Wildman–Crippen LogP) is 2.27. The zero-order valence-electron chi connectivity index (χ0n) is 8.92. The van der Waals surface area contributed by atoms with E-state index in [1.807, 2.05) is 6.20 Å². The predicted molar refractivity (Wildman–Crippen MR) is 55.4 cm³/mol. The van der Waals surface area contributed by atoms with E-state index >= 15 is 0 Å². The zero-order valence-corrected chi connectivity index (χ0v) is 8.92. The maximum atomic E-state index is 5.75. The molecule has 0 unspecified atom stereocenters. The first-order chi connectivity index (χ1) is 6.77. The lowest BCUT2D eigenvalue weighted by Crippen LogP contribution is -2.26. The molecule has 1 aliphatic heterocycles. The third kappa shape index (κ3) is 1.98. The van der Waals surface area contributed by atoms with E-state index < -0.39 is 0 Å². The molecule has 1 aromatic rings. The van der Waals surface area contributed by atoms with Gasteiger partial charge in [0, 0.05) is 11.8 Å². The molecule has 3 nitrogen and oxygen atoms in total. The van der Waals surface area contributed by atoms with Gasteiger partial charge in [-0.3, -0.25) is 0 Å². The molecule has 0 radical (unpaired) electrons. The zero-order chi connectivity index (χ0) is 9.97. The number of nitrogens with zero attached hydrogens (tertiary/aromatic N) is 1. The van der Waals surface area contributed by atoms with Gasteiger partial charge in [-0.15, -0.1) is 0 Å². The SMILES string of the molecule is CC(C)c1cnc(C2CCNCC2)o1. The molecule has 1 N–H and O–H groups in total. The van der Waals surface area contributed by atoms with Crippen LogP contribution in [0.1, 0.15) is 50.2 Å². The quantitative estimate of drug-likeness (QED) is 0.784. The lowest BCUT2D eigenvalue weighted by molar-refractivity contribution is 0.356. The van der Waals surface area contributed by atoms with Gasteiger partial charge >= 0.3 is 0 Å². The van der Waals surface area contributed by atoms with Crippen molar-refractivity contribution < 1.29 is 4.42 Å². The summed E-state index contributed by atoms with van der Waals surface area (Å²) in [6.07, 6.45) is 4.18. The second-order valence-electron chi connectivity index (χ2n) is 4.28. The fourth-order valence-electron chi connectivity index (χ4n) is 1.83. The maximum absolute atomic E-state index is 5.75. The topological polar surface area (TPSA) is 38.1 Å². The molecule has 1 fully saturated rings. The van der Waals surface area contributed by atoms with E-state index in [-0.39, 0.29) is 0 Å². The highest BCUT2D eigenvalue weighted by Gasteiger charge is 2.20. The molecule has 14 heavy (non-hydrogen) atoms. The van der Waals surface area contributed by atoms with Gasteiger partial charge in [-0.25, -0.2) is 4.98 Å². The molecule has 0 atom stereocenters. The van der Waals surface area contributed by atoms with Crippen molar-refractivity contribution in [1.82, 2.24) is 10.3 Å². The Bertz CT molecular complexity index is 287. The van der Waals surface area contributed by atoms with Crippen molar-refractivity contribution in [3.05, 3.63) is 17.8 Å².